The first-order valence-corrected chi connectivity index (χ1v) is 6.66. The average Bonchev–Trinajstić information content (AvgIpc) is 2.79. The molecule has 0 saturated carbocycles. The number of benzene rings is 1. The fourth-order valence-corrected chi connectivity index (χ4v) is 2.34. The lowest BCUT2D eigenvalue weighted by molar-refractivity contribution is 0.103. The molecule has 18 heavy (non-hydrogen) atoms. The van der Waals surface area contributed by atoms with E-state index in [0.717, 1.165) is 21.9 Å². The Morgan fingerprint density at radius 1 is 1.33 bits per heavy atom. The van der Waals surface area contributed by atoms with E-state index in [-0.39, 0.29) is 5.91 Å². The van der Waals surface area contributed by atoms with E-state index < -0.39 is 0 Å². The number of anilines is 1. The van der Waals surface area contributed by atoms with E-state index in [9.17, 15) is 4.79 Å². The van der Waals surface area contributed by atoms with E-state index in [1.165, 1.54) is 11.3 Å². The summed E-state index contributed by atoms with van der Waals surface area (Å²) in [6.07, 6.45) is 0. The van der Waals surface area contributed by atoms with Crippen LogP contribution in [0, 0.1) is 6.92 Å². The number of hydrogen-bond acceptors (Lipinski definition) is 3. The van der Waals surface area contributed by atoms with E-state index in [4.69, 9.17) is 4.74 Å². The van der Waals surface area contributed by atoms with Gasteiger partial charge in [0.05, 0.1) is 11.5 Å². The highest BCUT2D eigenvalue weighted by molar-refractivity contribution is 7.12. The van der Waals surface area contributed by atoms with Gasteiger partial charge in [-0.3, -0.25) is 4.79 Å². The Morgan fingerprint density at radius 3 is 2.61 bits per heavy atom. The maximum absolute atomic E-state index is 11.9. The standard InChI is InChI=1S/C14H15NO2S/c1-3-17-12-6-4-11(5-7-12)15-14(16)13-8-10(2)9-18-13/h4-9H,3H2,1-2H3,(H,15,16). The maximum atomic E-state index is 11.9. The van der Waals surface area contributed by atoms with Crippen molar-refractivity contribution in [2.24, 2.45) is 0 Å². The summed E-state index contributed by atoms with van der Waals surface area (Å²) in [5.41, 5.74) is 1.88. The summed E-state index contributed by atoms with van der Waals surface area (Å²) in [5, 5.41) is 4.82. The molecule has 2 rings (SSSR count). The van der Waals surface area contributed by atoms with Crippen LogP contribution in [-0.2, 0) is 0 Å². The Balaban J connectivity index is 2.03. The van der Waals surface area contributed by atoms with Gasteiger partial charge in [0.1, 0.15) is 5.75 Å². The maximum Gasteiger partial charge on any atom is 0.265 e. The van der Waals surface area contributed by atoms with Crippen LogP contribution in [-0.4, -0.2) is 12.5 Å². The van der Waals surface area contributed by atoms with Gasteiger partial charge in [0.15, 0.2) is 0 Å². The zero-order chi connectivity index (χ0) is 13.0. The number of rotatable bonds is 4. The minimum atomic E-state index is -0.0720. The van der Waals surface area contributed by atoms with Crippen LogP contribution in [0.1, 0.15) is 22.2 Å². The summed E-state index contributed by atoms with van der Waals surface area (Å²) in [6, 6.07) is 9.25. The van der Waals surface area contributed by atoms with Gasteiger partial charge in [-0.25, -0.2) is 0 Å². The van der Waals surface area contributed by atoms with Gasteiger partial charge in [0, 0.05) is 5.69 Å². The summed E-state index contributed by atoms with van der Waals surface area (Å²) >= 11 is 1.45. The van der Waals surface area contributed by atoms with Gasteiger partial charge in [-0.05, 0) is 55.1 Å². The number of nitrogens with one attached hydrogen (secondary N) is 1. The number of thiophene rings is 1. The second-order valence-electron chi connectivity index (χ2n) is 3.90. The molecule has 0 atom stereocenters. The van der Waals surface area contributed by atoms with Gasteiger partial charge in [-0.1, -0.05) is 0 Å². The molecular formula is C14H15NO2S. The van der Waals surface area contributed by atoms with Crippen molar-refractivity contribution in [3.8, 4) is 5.75 Å². The van der Waals surface area contributed by atoms with Crippen LogP contribution in [0.2, 0.25) is 0 Å². The highest BCUT2D eigenvalue weighted by atomic mass is 32.1. The predicted octanol–water partition coefficient (Wildman–Crippen LogP) is 3.71. The monoisotopic (exact) mass is 261 g/mol. The third kappa shape index (κ3) is 3.11. The predicted molar refractivity (Wildman–Crippen MR) is 74.6 cm³/mol. The van der Waals surface area contributed by atoms with E-state index in [2.05, 4.69) is 5.32 Å². The summed E-state index contributed by atoms with van der Waals surface area (Å²) in [6.45, 7) is 4.55. The molecule has 0 saturated heterocycles. The lowest BCUT2D eigenvalue weighted by atomic mass is 10.3. The van der Waals surface area contributed by atoms with E-state index in [1.807, 2.05) is 49.6 Å². The molecule has 0 spiro atoms. The summed E-state index contributed by atoms with van der Waals surface area (Å²) < 4.78 is 5.34. The topological polar surface area (TPSA) is 38.3 Å². The van der Waals surface area contributed by atoms with Crippen molar-refractivity contribution in [2.45, 2.75) is 13.8 Å². The number of amides is 1. The molecule has 1 amide bonds. The third-order valence-electron chi connectivity index (χ3n) is 2.38. The minimum absolute atomic E-state index is 0.0720. The molecule has 0 aliphatic heterocycles. The summed E-state index contributed by atoms with van der Waals surface area (Å²) in [7, 11) is 0. The van der Waals surface area contributed by atoms with Gasteiger partial charge in [-0.2, -0.15) is 0 Å². The molecule has 1 aromatic carbocycles. The van der Waals surface area contributed by atoms with Crippen LogP contribution in [0.4, 0.5) is 5.69 Å². The van der Waals surface area contributed by atoms with Gasteiger partial charge >= 0.3 is 0 Å². The Bertz CT molecular complexity index is 531. The van der Waals surface area contributed by atoms with Gasteiger partial charge in [-0.15, -0.1) is 11.3 Å². The number of aryl methyl sites for hydroxylation is 1. The second kappa shape index (κ2) is 5.69. The molecule has 0 radical (unpaired) electrons. The van der Waals surface area contributed by atoms with E-state index in [1.54, 1.807) is 0 Å². The fraction of sp³-hybridized carbons (Fsp3) is 0.214. The van der Waals surface area contributed by atoms with Gasteiger partial charge < -0.3 is 10.1 Å². The molecule has 1 heterocycles. The van der Waals surface area contributed by atoms with Crippen molar-refractivity contribution in [3.05, 3.63) is 46.2 Å². The highest BCUT2D eigenvalue weighted by Gasteiger charge is 2.08. The van der Waals surface area contributed by atoms with Crippen molar-refractivity contribution < 1.29 is 9.53 Å². The molecule has 0 aliphatic rings. The Hall–Kier alpha value is -1.81. The Morgan fingerprint density at radius 2 is 2.06 bits per heavy atom. The first-order chi connectivity index (χ1) is 8.69. The van der Waals surface area contributed by atoms with Crippen molar-refractivity contribution in [2.75, 3.05) is 11.9 Å². The first-order valence-electron chi connectivity index (χ1n) is 5.78. The zero-order valence-corrected chi connectivity index (χ0v) is 11.2. The Kier molecular flexibility index (Phi) is 3.99. The quantitative estimate of drug-likeness (QED) is 0.911. The Labute approximate surface area is 110 Å². The largest absolute Gasteiger partial charge is 0.494 e. The van der Waals surface area contributed by atoms with Crippen molar-refractivity contribution in [1.82, 2.24) is 0 Å². The average molecular weight is 261 g/mol. The molecule has 94 valence electrons. The lowest BCUT2D eigenvalue weighted by Crippen LogP contribution is -2.09. The molecule has 1 N–H and O–H groups in total. The van der Waals surface area contributed by atoms with Gasteiger partial charge in [0.25, 0.3) is 5.91 Å². The second-order valence-corrected chi connectivity index (χ2v) is 4.81. The van der Waals surface area contributed by atoms with Gasteiger partial charge in [0.2, 0.25) is 0 Å². The molecule has 2 aromatic rings. The van der Waals surface area contributed by atoms with E-state index >= 15 is 0 Å². The van der Waals surface area contributed by atoms with Crippen LogP contribution in [0.15, 0.2) is 35.7 Å². The third-order valence-corrected chi connectivity index (χ3v) is 3.42. The lowest BCUT2D eigenvalue weighted by Gasteiger charge is -2.06. The number of carbonyl (C=O) groups is 1. The molecule has 0 bridgehead atoms. The summed E-state index contributed by atoms with van der Waals surface area (Å²) in [4.78, 5) is 12.6. The SMILES string of the molecule is CCOc1ccc(NC(=O)c2cc(C)cs2)cc1. The van der Waals surface area contributed by atoms with Crippen molar-refractivity contribution in [3.63, 3.8) is 0 Å². The smallest absolute Gasteiger partial charge is 0.265 e. The van der Waals surface area contributed by atoms with Crippen LogP contribution >= 0.6 is 11.3 Å². The summed E-state index contributed by atoms with van der Waals surface area (Å²) in [5.74, 6) is 0.736. The minimum Gasteiger partial charge on any atom is -0.494 e. The molecular weight excluding hydrogens is 246 g/mol. The number of ether oxygens (including phenoxy) is 1. The normalized spacial score (nSPS) is 10.1. The number of carbonyl (C=O) groups excluding carboxylic acids is 1. The highest BCUT2D eigenvalue weighted by Crippen LogP contribution is 2.18. The molecule has 0 fully saturated rings. The van der Waals surface area contributed by atoms with Crippen LogP contribution in [0.3, 0.4) is 0 Å². The molecule has 0 unspecified atom stereocenters. The zero-order valence-electron chi connectivity index (χ0n) is 10.4. The van der Waals surface area contributed by atoms with Crippen LogP contribution in [0.5, 0.6) is 5.75 Å². The first kappa shape index (κ1) is 12.6. The van der Waals surface area contributed by atoms with Crippen LogP contribution < -0.4 is 10.1 Å². The van der Waals surface area contributed by atoms with Crippen molar-refractivity contribution >= 4 is 22.9 Å². The molecule has 1 aromatic heterocycles. The fourth-order valence-electron chi connectivity index (χ4n) is 1.54. The van der Waals surface area contributed by atoms with Crippen molar-refractivity contribution in [1.29, 1.82) is 0 Å². The number of hydrogen-bond donors (Lipinski definition) is 1. The van der Waals surface area contributed by atoms with Crippen LogP contribution in [0.25, 0.3) is 0 Å². The van der Waals surface area contributed by atoms with E-state index in [0.29, 0.717) is 6.61 Å². The molecule has 3 nitrogen and oxygen atoms in total. The molecule has 4 heteroatoms. The molecule has 0 aliphatic carbocycles.